The zero-order valence-corrected chi connectivity index (χ0v) is 17.9. The molecule has 6 heteroatoms. The van der Waals surface area contributed by atoms with Crippen molar-refractivity contribution in [1.82, 2.24) is 4.98 Å². The Kier molecular flexibility index (Phi) is 5.46. The van der Waals surface area contributed by atoms with E-state index in [-0.39, 0.29) is 18.1 Å². The van der Waals surface area contributed by atoms with Crippen molar-refractivity contribution in [3.63, 3.8) is 0 Å². The minimum atomic E-state index is -0.249. The molecule has 0 saturated carbocycles. The SMILES string of the molecule is CCCCc1ccc2nc(NC(=O)COc3cccc4c3OC(C)(C)C4)sc2c1. The van der Waals surface area contributed by atoms with E-state index in [4.69, 9.17) is 9.47 Å². The van der Waals surface area contributed by atoms with Crippen molar-refractivity contribution >= 4 is 32.6 Å². The molecule has 2 aromatic carbocycles. The summed E-state index contributed by atoms with van der Waals surface area (Å²) >= 11 is 1.49. The Hall–Kier alpha value is -2.60. The van der Waals surface area contributed by atoms with Crippen molar-refractivity contribution in [2.24, 2.45) is 0 Å². The van der Waals surface area contributed by atoms with Gasteiger partial charge in [0, 0.05) is 12.0 Å². The summed E-state index contributed by atoms with van der Waals surface area (Å²) < 4.78 is 12.8. The summed E-state index contributed by atoms with van der Waals surface area (Å²) in [5, 5.41) is 3.45. The van der Waals surface area contributed by atoms with Crippen LogP contribution in [0.3, 0.4) is 0 Å². The van der Waals surface area contributed by atoms with E-state index in [0.29, 0.717) is 10.9 Å². The molecule has 0 aliphatic carbocycles. The molecule has 0 saturated heterocycles. The summed E-state index contributed by atoms with van der Waals surface area (Å²) in [6.45, 7) is 6.20. The number of thiazole rings is 1. The third-order valence-electron chi connectivity index (χ3n) is 4.93. The maximum atomic E-state index is 12.4. The van der Waals surface area contributed by atoms with E-state index in [2.05, 4.69) is 29.4 Å². The van der Waals surface area contributed by atoms with Gasteiger partial charge in [-0.1, -0.05) is 42.9 Å². The Bertz CT molecular complexity index is 1040. The number of carbonyl (C=O) groups is 1. The fourth-order valence-electron chi connectivity index (χ4n) is 3.56. The van der Waals surface area contributed by atoms with Crippen molar-refractivity contribution < 1.29 is 14.3 Å². The molecular weight excluding hydrogens is 384 g/mol. The monoisotopic (exact) mass is 410 g/mol. The van der Waals surface area contributed by atoms with Gasteiger partial charge in [0.25, 0.3) is 5.91 Å². The quantitative estimate of drug-likeness (QED) is 0.569. The summed E-state index contributed by atoms with van der Waals surface area (Å²) in [7, 11) is 0. The Balaban J connectivity index is 1.39. The molecule has 0 unspecified atom stereocenters. The van der Waals surface area contributed by atoms with Gasteiger partial charge in [0.1, 0.15) is 5.60 Å². The highest BCUT2D eigenvalue weighted by atomic mass is 32.1. The Morgan fingerprint density at radius 2 is 2.17 bits per heavy atom. The zero-order chi connectivity index (χ0) is 20.4. The first kappa shape index (κ1) is 19.7. The maximum Gasteiger partial charge on any atom is 0.264 e. The van der Waals surface area contributed by atoms with Gasteiger partial charge in [0.05, 0.1) is 10.2 Å². The van der Waals surface area contributed by atoms with Crippen LogP contribution in [0.15, 0.2) is 36.4 Å². The van der Waals surface area contributed by atoms with Crippen LogP contribution in [-0.4, -0.2) is 23.1 Å². The number of amides is 1. The van der Waals surface area contributed by atoms with Crippen molar-refractivity contribution in [1.29, 1.82) is 0 Å². The molecule has 3 aromatic rings. The highest BCUT2D eigenvalue weighted by molar-refractivity contribution is 7.22. The number of ether oxygens (including phenoxy) is 2. The van der Waals surface area contributed by atoms with Crippen LogP contribution in [0.25, 0.3) is 10.2 Å². The molecule has 1 aliphatic rings. The standard InChI is InChI=1S/C23H26N2O3S/c1-4-5-7-15-10-11-17-19(12-15)29-22(24-17)25-20(26)14-27-18-9-6-8-16-13-23(2,3)28-21(16)18/h6,8-12H,4-5,7,13-14H2,1-3H3,(H,24,25,26). The third-order valence-corrected chi connectivity index (χ3v) is 5.87. The molecule has 1 aromatic heterocycles. The molecule has 152 valence electrons. The van der Waals surface area contributed by atoms with Gasteiger partial charge in [-0.05, 0) is 50.5 Å². The Morgan fingerprint density at radius 1 is 1.31 bits per heavy atom. The lowest BCUT2D eigenvalue weighted by Crippen LogP contribution is -2.25. The van der Waals surface area contributed by atoms with Crippen LogP contribution < -0.4 is 14.8 Å². The molecule has 0 radical (unpaired) electrons. The molecule has 0 fully saturated rings. The molecular formula is C23H26N2O3S. The molecule has 1 aliphatic heterocycles. The number of anilines is 1. The first-order valence-corrected chi connectivity index (χ1v) is 10.9. The summed E-state index contributed by atoms with van der Waals surface area (Å²) in [6.07, 6.45) is 4.25. The number of rotatable bonds is 7. The number of carbonyl (C=O) groups excluding carboxylic acids is 1. The van der Waals surface area contributed by atoms with Crippen molar-refractivity contribution in [2.45, 2.75) is 52.1 Å². The zero-order valence-electron chi connectivity index (χ0n) is 17.1. The van der Waals surface area contributed by atoms with Crippen molar-refractivity contribution in [2.75, 3.05) is 11.9 Å². The van der Waals surface area contributed by atoms with Crippen LogP contribution in [0.2, 0.25) is 0 Å². The first-order chi connectivity index (χ1) is 13.9. The summed E-state index contributed by atoms with van der Waals surface area (Å²) in [6, 6.07) is 12.1. The van der Waals surface area contributed by atoms with Crippen LogP contribution in [0.5, 0.6) is 11.5 Å². The number of nitrogens with zero attached hydrogens (tertiary/aromatic N) is 1. The van der Waals surface area contributed by atoms with Gasteiger partial charge in [-0.15, -0.1) is 0 Å². The van der Waals surface area contributed by atoms with E-state index in [1.165, 1.54) is 29.7 Å². The lowest BCUT2D eigenvalue weighted by atomic mass is 10.0. The average molecular weight is 411 g/mol. The summed E-state index contributed by atoms with van der Waals surface area (Å²) in [5.41, 5.74) is 3.08. The van der Waals surface area contributed by atoms with Crippen LogP contribution in [0, 0.1) is 0 Å². The Labute approximate surface area is 175 Å². The highest BCUT2D eigenvalue weighted by Gasteiger charge is 2.32. The molecule has 29 heavy (non-hydrogen) atoms. The molecule has 0 spiro atoms. The van der Waals surface area contributed by atoms with Gasteiger partial charge in [0.15, 0.2) is 23.2 Å². The maximum absolute atomic E-state index is 12.4. The van der Waals surface area contributed by atoms with Gasteiger partial charge in [-0.25, -0.2) is 4.98 Å². The van der Waals surface area contributed by atoms with Crippen molar-refractivity contribution in [3.8, 4) is 11.5 Å². The molecule has 5 nitrogen and oxygen atoms in total. The molecule has 4 rings (SSSR count). The second kappa shape index (κ2) is 8.03. The minimum Gasteiger partial charge on any atom is -0.483 e. The first-order valence-electron chi connectivity index (χ1n) is 10.1. The summed E-state index contributed by atoms with van der Waals surface area (Å²) in [4.78, 5) is 16.9. The number of unbranched alkanes of at least 4 members (excludes halogenated alkanes) is 1. The second-order valence-electron chi connectivity index (χ2n) is 8.04. The van der Waals surface area contributed by atoms with Crippen LogP contribution in [0.4, 0.5) is 5.13 Å². The van der Waals surface area contributed by atoms with Gasteiger partial charge in [-0.3, -0.25) is 10.1 Å². The highest BCUT2D eigenvalue weighted by Crippen LogP contribution is 2.41. The van der Waals surface area contributed by atoms with Gasteiger partial charge >= 0.3 is 0 Å². The van der Waals surface area contributed by atoms with Crippen LogP contribution >= 0.6 is 11.3 Å². The minimum absolute atomic E-state index is 0.0854. The number of hydrogen-bond donors (Lipinski definition) is 1. The van der Waals surface area contributed by atoms with E-state index in [0.717, 1.165) is 34.4 Å². The third kappa shape index (κ3) is 4.53. The number of benzene rings is 2. The van der Waals surface area contributed by atoms with E-state index in [1.54, 1.807) is 0 Å². The van der Waals surface area contributed by atoms with E-state index in [1.807, 2.05) is 38.1 Å². The molecule has 2 heterocycles. The molecule has 0 atom stereocenters. The molecule has 1 amide bonds. The van der Waals surface area contributed by atoms with E-state index in [9.17, 15) is 4.79 Å². The Morgan fingerprint density at radius 3 is 3.00 bits per heavy atom. The predicted octanol–water partition coefficient (Wildman–Crippen LogP) is 5.37. The van der Waals surface area contributed by atoms with Crippen molar-refractivity contribution in [3.05, 3.63) is 47.5 Å². The number of aromatic nitrogens is 1. The fourth-order valence-corrected chi connectivity index (χ4v) is 4.50. The largest absolute Gasteiger partial charge is 0.483 e. The second-order valence-corrected chi connectivity index (χ2v) is 9.08. The lowest BCUT2D eigenvalue weighted by molar-refractivity contribution is -0.118. The molecule has 0 bridgehead atoms. The fraction of sp³-hybridized carbons (Fsp3) is 0.391. The number of para-hydroxylation sites is 1. The topological polar surface area (TPSA) is 60.5 Å². The number of nitrogens with one attached hydrogen (secondary N) is 1. The van der Waals surface area contributed by atoms with Crippen LogP contribution in [0.1, 0.15) is 44.7 Å². The predicted molar refractivity (Wildman–Crippen MR) is 117 cm³/mol. The van der Waals surface area contributed by atoms with Crippen LogP contribution in [-0.2, 0) is 17.6 Å². The summed E-state index contributed by atoms with van der Waals surface area (Å²) in [5.74, 6) is 1.11. The normalized spacial score (nSPS) is 14.4. The van der Waals surface area contributed by atoms with E-state index >= 15 is 0 Å². The van der Waals surface area contributed by atoms with E-state index < -0.39 is 0 Å². The molecule has 1 N–H and O–H groups in total. The number of aryl methyl sites for hydroxylation is 1. The average Bonchev–Trinajstić information content (AvgIpc) is 3.22. The van der Waals surface area contributed by atoms with Gasteiger partial charge in [-0.2, -0.15) is 0 Å². The lowest BCUT2D eigenvalue weighted by Gasteiger charge is -2.18. The van der Waals surface area contributed by atoms with Gasteiger partial charge in [0.2, 0.25) is 0 Å². The van der Waals surface area contributed by atoms with Gasteiger partial charge < -0.3 is 9.47 Å². The number of hydrogen-bond acceptors (Lipinski definition) is 5. The number of fused-ring (bicyclic) bond motifs is 2. The smallest absolute Gasteiger partial charge is 0.264 e.